The number of Topliss-reactive ketones (excluding diaryl/α,β-unsaturated/α-hetero) is 1. The van der Waals surface area contributed by atoms with E-state index in [1.807, 2.05) is 0 Å². The molecular weight excluding hydrogens is 305 g/mol. The molecule has 0 heterocycles. The third-order valence-electron chi connectivity index (χ3n) is 1.85. The van der Waals surface area contributed by atoms with Crippen LogP contribution in [0.15, 0.2) is 18.2 Å². The van der Waals surface area contributed by atoms with Crippen molar-refractivity contribution < 1.29 is 27.8 Å². The number of halogens is 4. The Morgan fingerprint density at radius 1 is 1.41 bits per heavy atom. The van der Waals surface area contributed by atoms with E-state index < -0.39 is 23.6 Å². The lowest BCUT2D eigenvalue weighted by molar-refractivity contribution is -0.275. The summed E-state index contributed by atoms with van der Waals surface area (Å²) >= 11 is 3.03. The van der Waals surface area contributed by atoms with Gasteiger partial charge in [-0.25, -0.2) is 0 Å². The Balaban J connectivity index is 3.03. The van der Waals surface area contributed by atoms with Crippen LogP contribution in [0.3, 0.4) is 0 Å². The lowest BCUT2D eigenvalue weighted by Gasteiger charge is -2.12. The molecule has 0 bridgehead atoms. The molecule has 0 aliphatic carbocycles. The highest BCUT2D eigenvalue weighted by Gasteiger charge is 2.33. The molecule has 0 aliphatic heterocycles. The average Bonchev–Trinajstić information content (AvgIpc) is 2.19. The highest BCUT2D eigenvalue weighted by Crippen LogP contribution is 2.34. The van der Waals surface area contributed by atoms with E-state index in [-0.39, 0.29) is 12.0 Å². The van der Waals surface area contributed by atoms with Gasteiger partial charge in [-0.05, 0) is 12.1 Å². The fourth-order valence-electron chi connectivity index (χ4n) is 1.17. The van der Waals surface area contributed by atoms with Gasteiger partial charge in [0.25, 0.3) is 0 Å². The van der Waals surface area contributed by atoms with E-state index in [0.29, 0.717) is 5.33 Å². The molecule has 0 spiro atoms. The molecule has 7 heteroatoms. The SMILES string of the molecule is O=C(CCBr)c1cccc(OC(F)(F)F)c1O. The molecule has 0 saturated carbocycles. The predicted molar refractivity (Wildman–Crippen MR) is 57.5 cm³/mol. The number of hydrogen-bond donors (Lipinski definition) is 1. The molecule has 0 amide bonds. The van der Waals surface area contributed by atoms with Crippen LogP contribution in [0, 0.1) is 0 Å². The van der Waals surface area contributed by atoms with Crippen LogP contribution < -0.4 is 4.74 Å². The van der Waals surface area contributed by atoms with Gasteiger partial charge in [-0.15, -0.1) is 13.2 Å². The van der Waals surface area contributed by atoms with Crippen LogP contribution in [0.5, 0.6) is 11.5 Å². The number of ketones is 1. The minimum absolute atomic E-state index is 0.0725. The molecule has 0 radical (unpaired) electrons. The Morgan fingerprint density at radius 3 is 2.59 bits per heavy atom. The summed E-state index contributed by atoms with van der Waals surface area (Å²) in [7, 11) is 0. The van der Waals surface area contributed by atoms with Crippen LogP contribution in [-0.2, 0) is 0 Å². The summed E-state index contributed by atoms with van der Waals surface area (Å²) < 4.78 is 39.5. The Bertz CT molecular complexity index is 418. The standard InChI is InChI=1S/C10H8BrF3O3/c11-5-4-7(15)6-2-1-3-8(9(6)16)17-10(12,13)14/h1-3,16H,4-5H2. The van der Waals surface area contributed by atoms with Crippen molar-refractivity contribution in [3.8, 4) is 11.5 Å². The van der Waals surface area contributed by atoms with Crippen molar-refractivity contribution in [2.45, 2.75) is 12.8 Å². The fraction of sp³-hybridized carbons (Fsp3) is 0.300. The minimum Gasteiger partial charge on any atom is -0.504 e. The molecule has 94 valence electrons. The molecule has 0 saturated heterocycles. The van der Waals surface area contributed by atoms with Crippen LogP contribution in [0.25, 0.3) is 0 Å². The van der Waals surface area contributed by atoms with Gasteiger partial charge in [-0.2, -0.15) is 0 Å². The van der Waals surface area contributed by atoms with Crippen molar-refractivity contribution in [3.63, 3.8) is 0 Å². The van der Waals surface area contributed by atoms with E-state index in [2.05, 4.69) is 20.7 Å². The lowest BCUT2D eigenvalue weighted by atomic mass is 10.1. The van der Waals surface area contributed by atoms with Crippen molar-refractivity contribution in [1.82, 2.24) is 0 Å². The van der Waals surface area contributed by atoms with Crippen molar-refractivity contribution in [2.75, 3.05) is 5.33 Å². The molecule has 1 aromatic rings. The van der Waals surface area contributed by atoms with Crippen LogP contribution in [0.1, 0.15) is 16.8 Å². The van der Waals surface area contributed by atoms with Gasteiger partial charge in [-0.1, -0.05) is 22.0 Å². The topological polar surface area (TPSA) is 46.5 Å². The zero-order valence-electron chi connectivity index (χ0n) is 8.42. The Hall–Kier alpha value is -1.24. The van der Waals surface area contributed by atoms with Gasteiger partial charge in [0.1, 0.15) is 0 Å². The summed E-state index contributed by atoms with van der Waals surface area (Å²) in [6.07, 6.45) is -4.84. The van der Waals surface area contributed by atoms with Gasteiger partial charge >= 0.3 is 6.36 Å². The molecule has 0 aliphatic rings. The monoisotopic (exact) mass is 312 g/mol. The van der Waals surface area contributed by atoms with Crippen molar-refractivity contribution >= 4 is 21.7 Å². The van der Waals surface area contributed by atoms with Gasteiger partial charge < -0.3 is 9.84 Å². The zero-order valence-corrected chi connectivity index (χ0v) is 10.0. The number of hydrogen-bond acceptors (Lipinski definition) is 3. The van der Waals surface area contributed by atoms with E-state index in [0.717, 1.165) is 6.07 Å². The number of phenols is 1. The van der Waals surface area contributed by atoms with E-state index in [4.69, 9.17) is 0 Å². The van der Waals surface area contributed by atoms with E-state index in [9.17, 15) is 23.1 Å². The molecule has 0 aromatic heterocycles. The van der Waals surface area contributed by atoms with Crippen molar-refractivity contribution in [2.24, 2.45) is 0 Å². The second kappa shape index (κ2) is 5.39. The molecular formula is C10H8BrF3O3. The Morgan fingerprint density at radius 2 is 2.06 bits per heavy atom. The number of rotatable bonds is 4. The maximum Gasteiger partial charge on any atom is 0.573 e. The van der Waals surface area contributed by atoms with Crippen LogP contribution >= 0.6 is 15.9 Å². The number of carbonyl (C=O) groups excluding carboxylic acids is 1. The van der Waals surface area contributed by atoms with Gasteiger partial charge in [0.05, 0.1) is 5.56 Å². The largest absolute Gasteiger partial charge is 0.573 e. The first kappa shape index (κ1) is 13.8. The van der Waals surface area contributed by atoms with Crippen molar-refractivity contribution in [3.05, 3.63) is 23.8 Å². The summed E-state index contributed by atoms with van der Waals surface area (Å²) in [5.74, 6) is -2.04. The maximum absolute atomic E-state index is 12.0. The summed E-state index contributed by atoms with van der Waals surface area (Å²) in [6.45, 7) is 0. The molecule has 0 fully saturated rings. The minimum atomic E-state index is -4.91. The average molecular weight is 313 g/mol. The van der Waals surface area contributed by atoms with E-state index >= 15 is 0 Å². The fourth-order valence-corrected chi connectivity index (χ4v) is 1.53. The van der Waals surface area contributed by atoms with Crippen LogP contribution in [0.4, 0.5) is 13.2 Å². The molecule has 1 aromatic carbocycles. The summed E-state index contributed by atoms with van der Waals surface area (Å²) in [4.78, 5) is 11.5. The maximum atomic E-state index is 12.0. The summed E-state index contributed by atoms with van der Waals surface area (Å²) in [5.41, 5.74) is -0.189. The second-order valence-electron chi connectivity index (χ2n) is 3.06. The van der Waals surface area contributed by atoms with Crippen LogP contribution in [-0.4, -0.2) is 22.6 Å². The quantitative estimate of drug-likeness (QED) is 0.685. The number of benzene rings is 1. The first-order valence-corrected chi connectivity index (χ1v) is 5.64. The highest BCUT2D eigenvalue weighted by molar-refractivity contribution is 9.09. The highest BCUT2D eigenvalue weighted by atomic mass is 79.9. The number of aromatic hydroxyl groups is 1. The molecule has 1 N–H and O–H groups in total. The van der Waals surface area contributed by atoms with Gasteiger partial charge in [-0.3, -0.25) is 4.79 Å². The Kier molecular flexibility index (Phi) is 4.39. The molecule has 1 rings (SSSR count). The summed E-state index contributed by atoms with van der Waals surface area (Å²) in [5, 5.41) is 9.84. The first-order chi connectivity index (χ1) is 7.85. The third kappa shape index (κ3) is 3.92. The zero-order chi connectivity index (χ0) is 13.1. The van der Waals surface area contributed by atoms with Gasteiger partial charge in [0, 0.05) is 11.8 Å². The normalized spacial score (nSPS) is 11.3. The number of ether oxygens (including phenoxy) is 1. The summed E-state index contributed by atoms with van der Waals surface area (Å²) in [6, 6.07) is 3.39. The van der Waals surface area contributed by atoms with Gasteiger partial charge in [0.2, 0.25) is 0 Å². The number of phenolic OH excluding ortho intramolecular Hbond substituents is 1. The van der Waals surface area contributed by atoms with E-state index in [1.54, 1.807) is 0 Å². The van der Waals surface area contributed by atoms with Gasteiger partial charge in [0.15, 0.2) is 17.3 Å². The lowest BCUT2D eigenvalue weighted by Crippen LogP contribution is -2.17. The molecule has 3 nitrogen and oxygen atoms in total. The molecule has 0 atom stereocenters. The third-order valence-corrected chi connectivity index (χ3v) is 2.24. The van der Waals surface area contributed by atoms with E-state index in [1.165, 1.54) is 12.1 Å². The predicted octanol–water partition coefficient (Wildman–Crippen LogP) is 3.26. The Labute approximate surface area is 103 Å². The first-order valence-electron chi connectivity index (χ1n) is 4.52. The number of carbonyl (C=O) groups is 1. The second-order valence-corrected chi connectivity index (χ2v) is 3.86. The smallest absolute Gasteiger partial charge is 0.504 e. The molecule has 17 heavy (non-hydrogen) atoms. The number of alkyl halides is 4. The molecule has 0 unspecified atom stereocenters. The number of para-hydroxylation sites is 1. The van der Waals surface area contributed by atoms with Crippen molar-refractivity contribution in [1.29, 1.82) is 0 Å². The van der Waals surface area contributed by atoms with Crippen LogP contribution in [0.2, 0.25) is 0 Å².